The maximum absolute atomic E-state index is 12.0. The van der Waals surface area contributed by atoms with Gasteiger partial charge >= 0.3 is 0 Å². The Labute approximate surface area is 106 Å². The van der Waals surface area contributed by atoms with E-state index >= 15 is 0 Å². The largest absolute Gasteiger partial charge is 0.334 e. The number of hydrogen-bond acceptors (Lipinski definition) is 2. The molecule has 0 fully saturated rings. The number of hydrogen-bond donors (Lipinski definition) is 1. The van der Waals surface area contributed by atoms with Crippen molar-refractivity contribution >= 4 is 17.5 Å². The third-order valence-electron chi connectivity index (χ3n) is 2.89. The van der Waals surface area contributed by atoms with Crippen molar-refractivity contribution in [3.05, 3.63) is 34.9 Å². The molecule has 0 aromatic heterocycles. The van der Waals surface area contributed by atoms with Gasteiger partial charge in [0.15, 0.2) is 0 Å². The summed E-state index contributed by atoms with van der Waals surface area (Å²) in [7, 11) is 0. The molecule has 0 unspecified atom stereocenters. The molecule has 1 amide bonds. The Hall–Kier alpha value is -1.53. The van der Waals surface area contributed by atoms with Gasteiger partial charge < -0.3 is 5.32 Å². The molecule has 1 N–H and O–H groups in total. The van der Waals surface area contributed by atoms with Gasteiger partial charge in [0.2, 0.25) is 0 Å². The van der Waals surface area contributed by atoms with Gasteiger partial charge in [0.05, 0.1) is 16.7 Å². The molecule has 0 aliphatic carbocycles. The Morgan fingerprint density at radius 2 is 2.00 bits per heavy atom. The van der Waals surface area contributed by atoms with Crippen LogP contribution in [0.5, 0.6) is 0 Å². The molecular weight excluding hydrogens is 236 g/mol. The lowest BCUT2D eigenvalue weighted by Crippen LogP contribution is -2.46. The van der Waals surface area contributed by atoms with Gasteiger partial charge in [0.1, 0.15) is 5.54 Å². The summed E-state index contributed by atoms with van der Waals surface area (Å²) in [6.07, 6.45) is 1.13. The molecular formula is C13H15ClN2O. The molecule has 90 valence electrons. The highest BCUT2D eigenvalue weighted by Crippen LogP contribution is 2.18. The number of rotatable bonds is 4. The van der Waals surface area contributed by atoms with Crippen LogP contribution in [0.25, 0.3) is 0 Å². The Kier molecular flexibility index (Phi) is 4.53. The van der Waals surface area contributed by atoms with E-state index in [4.69, 9.17) is 16.9 Å². The third-order valence-corrected chi connectivity index (χ3v) is 3.22. The SMILES string of the molecule is CCC(C#N)(CC)NC(=O)c1ccccc1Cl. The molecule has 0 heterocycles. The first-order valence-corrected chi connectivity index (χ1v) is 5.94. The van der Waals surface area contributed by atoms with Crippen molar-refractivity contribution in [3.8, 4) is 6.07 Å². The second kappa shape index (κ2) is 5.70. The number of carbonyl (C=O) groups excluding carboxylic acids is 1. The number of carbonyl (C=O) groups is 1. The van der Waals surface area contributed by atoms with Crippen LogP contribution in [0, 0.1) is 11.3 Å². The molecule has 4 heteroatoms. The first-order valence-electron chi connectivity index (χ1n) is 5.57. The minimum atomic E-state index is -0.809. The van der Waals surface area contributed by atoms with Crippen LogP contribution in [0.3, 0.4) is 0 Å². The van der Waals surface area contributed by atoms with Gasteiger partial charge in [-0.05, 0) is 25.0 Å². The lowest BCUT2D eigenvalue weighted by atomic mass is 9.94. The Morgan fingerprint density at radius 1 is 1.41 bits per heavy atom. The zero-order chi connectivity index (χ0) is 12.9. The van der Waals surface area contributed by atoms with E-state index in [-0.39, 0.29) is 5.91 Å². The van der Waals surface area contributed by atoms with Crippen LogP contribution in [0.15, 0.2) is 24.3 Å². The zero-order valence-electron chi connectivity index (χ0n) is 9.96. The molecule has 0 saturated carbocycles. The summed E-state index contributed by atoms with van der Waals surface area (Å²) in [4.78, 5) is 12.0. The molecule has 0 spiro atoms. The number of nitrogens with zero attached hydrogens (tertiary/aromatic N) is 1. The number of benzene rings is 1. The van der Waals surface area contributed by atoms with Crippen molar-refractivity contribution in [1.29, 1.82) is 5.26 Å². The van der Waals surface area contributed by atoms with Crippen molar-refractivity contribution in [2.45, 2.75) is 32.2 Å². The monoisotopic (exact) mass is 250 g/mol. The van der Waals surface area contributed by atoms with Gasteiger partial charge in [0.25, 0.3) is 5.91 Å². The van der Waals surface area contributed by atoms with Crippen LogP contribution < -0.4 is 5.32 Å². The summed E-state index contributed by atoms with van der Waals surface area (Å²) >= 11 is 5.93. The van der Waals surface area contributed by atoms with Gasteiger partial charge in [0, 0.05) is 0 Å². The van der Waals surface area contributed by atoms with E-state index in [2.05, 4.69) is 11.4 Å². The van der Waals surface area contributed by atoms with Crippen molar-refractivity contribution in [2.24, 2.45) is 0 Å². The van der Waals surface area contributed by atoms with E-state index in [1.165, 1.54) is 0 Å². The van der Waals surface area contributed by atoms with Gasteiger partial charge in [-0.3, -0.25) is 4.79 Å². The average molecular weight is 251 g/mol. The van der Waals surface area contributed by atoms with Crippen LogP contribution in [0.2, 0.25) is 5.02 Å². The quantitative estimate of drug-likeness (QED) is 0.893. The van der Waals surface area contributed by atoms with E-state index in [9.17, 15) is 4.79 Å². The Bertz CT molecular complexity index is 447. The predicted octanol–water partition coefficient (Wildman–Crippen LogP) is 3.15. The van der Waals surface area contributed by atoms with Crippen molar-refractivity contribution < 1.29 is 4.79 Å². The lowest BCUT2D eigenvalue weighted by Gasteiger charge is -2.25. The van der Waals surface area contributed by atoms with Crippen LogP contribution in [0.1, 0.15) is 37.0 Å². The molecule has 0 radical (unpaired) electrons. The second-order valence-electron chi connectivity index (χ2n) is 3.83. The smallest absolute Gasteiger partial charge is 0.254 e. The topological polar surface area (TPSA) is 52.9 Å². The molecule has 17 heavy (non-hydrogen) atoms. The molecule has 0 bridgehead atoms. The summed E-state index contributed by atoms with van der Waals surface area (Å²) in [5, 5.41) is 12.3. The highest BCUT2D eigenvalue weighted by Gasteiger charge is 2.28. The normalized spacial score (nSPS) is 10.7. The lowest BCUT2D eigenvalue weighted by molar-refractivity contribution is 0.0915. The number of amides is 1. The van der Waals surface area contributed by atoms with Crippen molar-refractivity contribution in [2.75, 3.05) is 0 Å². The Morgan fingerprint density at radius 3 is 2.47 bits per heavy atom. The van der Waals surface area contributed by atoms with Crippen LogP contribution in [-0.2, 0) is 0 Å². The Balaban J connectivity index is 2.94. The number of halogens is 1. The van der Waals surface area contributed by atoms with Gasteiger partial charge in [-0.25, -0.2) is 0 Å². The average Bonchev–Trinajstić information content (AvgIpc) is 2.36. The van der Waals surface area contributed by atoms with Crippen LogP contribution in [-0.4, -0.2) is 11.4 Å². The number of nitriles is 1. The molecule has 0 atom stereocenters. The van der Waals surface area contributed by atoms with Crippen molar-refractivity contribution in [3.63, 3.8) is 0 Å². The van der Waals surface area contributed by atoms with E-state index < -0.39 is 5.54 Å². The first-order chi connectivity index (χ1) is 8.08. The maximum Gasteiger partial charge on any atom is 0.254 e. The van der Waals surface area contributed by atoms with Crippen molar-refractivity contribution in [1.82, 2.24) is 5.32 Å². The first kappa shape index (κ1) is 13.5. The standard InChI is InChI=1S/C13H15ClN2O/c1-3-13(4-2,9-15)16-12(17)10-7-5-6-8-11(10)14/h5-8H,3-4H2,1-2H3,(H,16,17). The summed E-state index contributed by atoms with van der Waals surface area (Å²) in [6.45, 7) is 3.75. The van der Waals surface area contributed by atoms with Gasteiger partial charge in [-0.1, -0.05) is 37.6 Å². The fourth-order valence-electron chi connectivity index (χ4n) is 1.54. The van der Waals surface area contributed by atoms with E-state index in [0.717, 1.165) is 0 Å². The molecule has 1 aromatic rings. The highest BCUT2D eigenvalue weighted by atomic mass is 35.5. The van der Waals surface area contributed by atoms with Crippen LogP contribution >= 0.6 is 11.6 Å². The van der Waals surface area contributed by atoms with E-state index in [0.29, 0.717) is 23.4 Å². The van der Waals surface area contributed by atoms with E-state index in [1.807, 2.05) is 13.8 Å². The highest BCUT2D eigenvalue weighted by molar-refractivity contribution is 6.33. The molecule has 3 nitrogen and oxygen atoms in total. The minimum Gasteiger partial charge on any atom is -0.334 e. The molecule has 0 saturated heterocycles. The minimum absolute atomic E-state index is 0.305. The second-order valence-corrected chi connectivity index (χ2v) is 4.24. The predicted molar refractivity (Wildman–Crippen MR) is 67.8 cm³/mol. The van der Waals surface area contributed by atoms with Crippen LogP contribution in [0.4, 0.5) is 0 Å². The fraction of sp³-hybridized carbons (Fsp3) is 0.385. The van der Waals surface area contributed by atoms with Gasteiger partial charge in [-0.15, -0.1) is 0 Å². The molecule has 1 rings (SSSR count). The molecule has 1 aromatic carbocycles. The molecule has 0 aliphatic heterocycles. The maximum atomic E-state index is 12.0. The summed E-state index contributed by atoms with van der Waals surface area (Å²) < 4.78 is 0. The summed E-state index contributed by atoms with van der Waals surface area (Å²) in [5.74, 6) is -0.305. The summed E-state index contributed by atoms with van der Waals surface area (Å²) in [5.41, 5.74) is -0.410. The molecule has 0 aliphatic rings. The van der Waals surface area contributed by atoms with Gasteiger partial charge in [-0.2, -0.15) is 5.26 Å². The number of nitrogens with one attached hydrogen (secondary N) is 1. The summed E-state index contributed by atoms with van der Waals surface area (Å²) in [6, 6.07) is 8.96. The zero-order valence-corrected chi connectivity index (χ0v) is 10.7. The third kappa shape index (κ3) is 2.98. The fourth-order valence-corrected chi connectivity index (χ4v) is 1.76. The van der Waals surface area contributed by atoms with E-state index in [1.54, 1.807) is 24.3 Å².